The number of likely N-dealkylation sites (tertiary alicyclic amines) is 1. The molecule has 2 N–H and O–H groups in total. The maximum Gasteiger partial charge on any atom is 0.410 e. The summed E-state index contributed by atoms with van der Waals surface area (Å²) in [4.78, 5) is 13.6. The van der Waals surface area contributed by atoms with Gasteiger partial charge in [0.05, 0.1) is 24.7 Å². The molecule has 0 radical (unpaired) electrons. The van der Waals surface area contributed by atoms with Crippen LogP contribution in [0, 0.1) is 0 Å². The van der Waals surface area contributed by atoms with Gasteiger partial charge in [-0.2, -0.15) is 0 Å². The van der Waals surface area contributed by atoms with Crippen LogP contribution < -0.4 is 5.32 Å². The zero-order valence-electron chi connectivity index (χ0n) is 10.5. The van der Waals surface area contributed by atoms with Crippen molar-refractivity contribution < 1.29 is 14.6 Å². The minimum Gasteiger partial charge on any atom is -0.444 e. The molecule has 0 aromatic rings. The van der Waals surface area contributed by atoms with Crippen molar-refractivity contribution in [1.29, 1.82) is 0 Å². The van der Waals surface area contributed by atoms with Crippen LogP contribution in [0.25, 0.3) is 0 Å². The van der Waals surface area contributed by atoms with Crippen molar-refractivity contribution in [3.63, 3.8) is 0 Å². The molecule has 0 bridgehead atoms. The third-order valence-electron chi connectivity index (χ3n) is 3.06. The van der Waals surface area contributed by atoms with E-state index in [0.717, 1.165) is 13.0 Å². The fraction of sp³-hybridized carbons (Fsp3) is 0.909. The Morgan fingerprint density at radius 2 is 2.12 bits per heavy atom. The molecule has 2 saturated heterocycles. The summed E-state index contributed by atoms with van der Waals surface area (Å²) >= 11 is 0. The Labute approximate surface area is 108 Å². The number of carbonyl (C=O) groups excluding carboxylic acids is 1. The molecule has 100 valence electrons. The van der Waals surface area contributed by atoms with Gasteiger partial charge in [0.2, 0.25) is 0 Å². The molecule has 6 heteroatoms. The second-order valence-corrected chi connectivity index (χ2v) is 5.54. The van der Waals surface area contributed by atoms with E-state index < -0.39 is 11.7 Å². The van der Waals surface area contributed by atoms with Gasteiger partial charge in [0.25, 0.3) is 0 Å². The van der Waals surface area contributed by atoms with E-state index in [0.29, 0.717) is 6.54 Å². The van der Waals surface area contributed by atoms with E-state index in [9.17, 15) is 9.90 Å². The molecule has 2 aliphatic heterocycles. The number of β-amino-alcohol motifs (C(OH)–C–C–N with tert-alkyl or cyclic N) is 1. The van der Waals surface area contributed by atoms with E-state index in [1.807, 2.05) is 20.8 Å². The molecule has 0 spiro atoms. The molecule has 5 nitrogen and oxygen atoms in total. The molecule has 0 aromatic heterocycles. The molecular formula is C11H21ClN2O3. The number of nitrogens with zero attached hydrogens (tertiary/aromatic N) is 1. The first kappa shape index (κ1) is 14.5. The van der Waals surface area contributed by atoms with Crippen molar-refractivity contribution >= 4 is 18.5 Å². The number of amides is 1. The molecule has 0 unspecified atom stereocenters. The van der Waals surface area contributed by atoms with Gasteiger partial charge >= 0.3 is 6.09 Å². The van der Waals surface area contributed by atoms with Crippen LogP contribution in [0.4, 0.5) is 4.79 Å². The number of aliphatic hydroxyl groups excluding tert-OH is 1. The Kier molecular flexibility index (Phi) is 4.28. The average molecular weight is 265 g/mol. The number of rotatable bonds is 0. The van der Waals surface area contributed by atoms with Gasteiger partial charge in [-0.15, -0.1) is 12.4 Å². The predicted molar refractivity (Wildman–Crippen MR) is 66.4 cm³/mol. The van der Waals surface area contributed by atoms with Gasteiger partial charge in [0.1, 0.15) is 5.60 Å². The van der Waals surface area contributed by atoms with Gasteiger partial charge in [-0.3, -0.25) is 0 Å². The standard InChI is InChI=1S/C11H20N2O3.ClH/c1-11(2,3)16-10(15)13-6-8(14)9-7(13)4-5-12-9;/h7-9,12,14H,4-6H2,1-3H3;1H/t7-,8+,9+;/m0./s1. The Morgan fingerprint density at radius 1 is 1.47 bits per heavy atom. The highest BCUT2D eigenvalue weighted by atomic mass is 35.5. The summed E-state index contributed by atoms with van der Waals surface area (Å²) in [5.74, 6) is 0. The quantitative estimate of drug-likeness (QED) is 0.678. The highest BCUT2D eigenvalue weighted by Crippen LogP contribution is 2.27. The Morgan fingerprint density at radius 3 is 2.71 bits per heavy atom. The van der Waals surface area contributed by atoms with Crippen molar-refractivity contribution in [2.75, 3.05) is 13.1 Å². The monoisotopic (exact) mass is 264 g/mol. The molecule has 2 heterocycles. The normalized spacial score (nSPS) is 32.0. The maximum absolute atomic E-state index is 11.9. The molecule has 0 aliphatic carbocycles. The zero-order chi connectivity index (χ0) is 11.9. The fourth-order valence-corrected chi connectivity index (χ4v) is 2.44. The molecule has 17 heavy (non-hydrogen) atoms. The van der Waals surface area contributed by atoms with E-state index in [4.69, 9.17) is 4.74 Å². The highest BCUT2D eigenvalue weighted by molar-refractivity contribution is 5.85. The van der Waals surface area contributed by atoms with Gasteiger partial charge in [-0.25, -0.2) is 4.79 Å². The smallest absolute Gasteiger partial charge is 0.410 e. The van der Waals surface area contributed by atoms with Crippen LogP contribution in [0.15, 0.2) is 0 Å². The van der Waals surface area contributed by atoms with Crippen LogP contribution in [0.1, 0.15) is 27.2 Å². The Balaban J connectivity index is 0.00000144. The third-order valence-corrected chi connectivity index (χ3v) is 3.06. The first-order chi connectivity index (χ1) is 7.38. The SMILES string of the molecule is CC(C)(C)OC(=O)N1C[C@@H](O)[C@@H]2NCC[C@@H]21.Cl. The molecule has 2 fully saturated rings. The number of hydrogen-bond acceptors (Lipinski definition) is 4. The van der Waals surface area contributed by atoms with Gasteiger partial charge in [-0.05, 0) is 33.7 Å². The highest BCUT2D eigenvalue weighted by Gasteiger charge is 2.46. The topological polar surface area (TPSA) is 61.8 Å². The number of halogens is 1. The van der Waals surface area contributed by atoms with Crippen LogP contribution in [-0.4, -0.2) is 53.0 Å². The molecule has 0 aromatic carbocycles. The second-order valence-electron chi connectivity index (χ2n) is 5.54. The number of aliphatic hydroxyl groups is 1. The number of nitrogens with one attached hydrogen (secondary N) is 1. The van der Waals surface area contributed by atoms with Crippen molar-refractivity contribution in [3.8, 4) is 0 Å². The molecule has 3 atom stereocenters. The molecule has 2 rings (SSSR count). The first-order valence-corrected chi connectivity index (χ1v) is 5.79. The van der Waals surface area contributed by atoms with Gasteiger partial charge in [0, 0.05) is 0 Å². The third kappa shape index (κ3) is 3.03. The number of hydrogen-bond donors (Lipinski definition) is 2. The Hall–Kier alpha value is -0.520. The molecule has 0 saturated carbocycles. The molecular weight excluding hydrogens is 244 g/mol. The number of ether oxygens (including phenoxy) is 1. The zero-order valence-corrected chi connectivity index (χ0v) is 11.3. The minimum absolute atomic E-state index is 0. The maximum atomic E-state index is 11.9. The van der Waals surface area contributed by atoms with E-state index in [1.54, 1.807) is 4.90 Å². The lowest BCUT2D eigenvalue weighted by Crippen LogP contribution is -2.41. The van der Waals surface area contributed by atoms with Crippen LogP contribution in [0.5, 0.6) is 0 Å². The lowest BCUT2D eigenvalue weighted by molar-refractivity contribution is 0.0209. The predicted octanol–water partition coefficient (Wildman–Crippen LogP) is 0.750. The van der Waals surface area contributed by atoms with Crippen LogP contribution in [0.3, 0.4) is 0 Å². The van der Waals surface area contributed by atoms with Crippen molar-refractivity contribution in [1.82, 2.24) is 10.2 Å². The summed E-state index contributed by atoms with van der Waals surface area (Å²) in [6.07, 6.45) is 0.101. The van der Waals surface area contributed by atoms with Gasteiger partial charge in [-0.1, -0.05) is 0 Å². The Bertz CT molecular complexity index is 293. The number of carbonyl (C=O) groups is 1. The molecule has 2 aliphatic rings. The van der Waals surface area contributed by atoms with Crippen molar-refractivity contribution in [2.45, 2.75) is 51.0 Å². The average Bonchev–Trinajstić information content (AvgIpc) is 2.66. The first-order valence-electron chi connectivity index (χ1n) is 5.79. The molecule has 1 amide bonds. The van der Waals surface area contributed by atoms with Gasteiger partial charge < -0.3 is 20.1 Å². The van der Waals surface area contributed by atoms with Crippen LogP contribution in [-0.2, 0) is 4.74 Å². The summed E-state index contributed by atoms with van der Waals surface area (Å²) in [5.41, 5.74) is -0.480. The van der Waals surface area contributed by atoms with Crippen molar-refractivity contribution in [3.05, 3.63) is 0 Å². The van der Waals surface area contributed by atoms with E-state index in [-0.39, 0.29) is 30.6 Å². The summed E-state index contributed by atoms with van der Waals surface area (Å²) in [6.45, 7) is 6.77. The van der Waals surface area contributed by atoms with Crippen molar-refractivity contribution in [2.24, 2.45) is 0 Å². The fourth-order valence-electron chi connectivity index (χ4n) is 2.44. The summed E-state index contributed by atoms with van der Waals surface area (Å²) in [5, 5.41) is 13.0. The van der Waals surface area contributed by atoms with Crippen LogP contribution in [0.2, 0.25) is 0 Å². The summed E-state index contributed by atoms with van der Waals surface area (Å²) < 4.78 is 5.33. The van der Waals surface area contributed by atoms with Gasteiger partial charge in [0.15, 0.2) is 0 Å². The second kappa shape index (κ2) is 5.00. The van der Waals surface area contributed by atoms with Crippen LogP contribution >= 0.6 is 12.4 Å². The van der Waals surface area contributed by atoms with E-state index >= 15 is 0 Å². The van der Waals surface area contributed by atoms with E-state index in [1.165, 1.54) is 0 Å². The largest absolute Gasteiger partial charge is 0.444 e. The summed E-state index contributed by atoms with van der Waals surface area (Å²) in [6, 6.07) is 0.109. The summed E-state index contributed by atoms with van der Waals surface area (Å²) in [7, 11) is 0. The lowest BCUT2D eigenvalue weighted by atomic mass is 10.1. The minimum atomic E-state index is -0.480. The number of fused-ring (bicyclic) bond motifs is 1. The van der Waals surface area contributed by atoms with E-state index in [2.05, 4.69) is 5.32 Å². The lowest BCUT2D eigenvalue weighted by Gasteiger charge is -2.27.